The van der Waals surface area contributed by atoms with Crippen molar-refractivity contribution >= 4 is 0 Å². The van der Waals surface area contributed by atoms with Crippen LogP contribution in [0.5, 0.6) is 0 Å². The van der Waals surface area contributed by atoms with Crippen LogP contribution in [-0.2, 0) is 0 Å². The zero-order chi connectivity index (χ0) is 10.3. The van der Waals surface area contributed by atoms with Gasteiger partial charge in [-0.15, -0.1) is 0 Å². The summed E-state index contributed by atoms with van der Waals surface area (Å²) in [4.78, 5) is 0. The number of rotatable bonds is 4. The van der Waals surface area contributed by atoms with Crippen LogP contribution in [0.25, 0.3) is 0 Å². The lowest BCUT2D eigenvalue weighted by Gasteiger charge is -2.26. The van der Waals surface area contributed by atoms with E-state index in [2.05, 4.69) is 12.2 Å². The molecule has 3 aliphatic carbocycles. The first-order chi connectivity index (χ1) is 7.33. The third-order valence-corrected chi connectivity index (χ3v) is 4.89. The van der Waals surface area contributed by atoms with Gasteiger partial charge in [0.05, 0.1) is 0 Å². The minimum absolute atomic E-state index is 0.914. The van der Waals surface area contributed by atoms with Crippen molar-refractivity contribution in [2.24, 2.45) is 23.7 Å². The average molecular weight is 207 g/mol. The van der Waals surface area contributed by atoms with Gasteiger partial charge in [0.15, 0.2) is 0 Å². The molecular weight excluding hydrogens is 182 g/mol. The Morgan fingerprint density at radius 1 is 1.00 bits per heavy atom. The number of hydrogen-bond donors (Lipinski definition) is 1. The number of nitrogens with one attached hydrogen (secondary N) is 1. The largest absolute Gasteiger partial charge is 0.314 e. The van der Waals surface area contributed by atoms with Gasteiger partial charge in [0.25, 0.3) is 0 Å². The molecule has 0 spiro atoms. The first-order valence-corrected chi connectivity index (χ1v) is 7.06. The molecule has 86 valence electrons. The van der Waals surface area contributed by atoms with Crippen molar-refractivity contribution in [3.8, 4) is 0 Å². The van der Waals surface area contributed by atoms with Crippen LogP contribution in [0.1, 0.15) is 51.9 Å². The Morgan fingerprint density at radius 3 is 2.40 bits per heavy atom. The van der Waals surface area contributed by atoms with E-state index in [1.807, 2.05) is 0 Å². The molecule has 1 N–H and O–H groups in total. The maximum absolute atomic E-state index is 3.70. The van der Waals surface area contributed by atoms with E-state index in [-0.39, 0.29) is 0 Å². The fourth-order valence-corrected chi connectivity index (χ4v) is 3.40. The van der Waals surface area contributed by atoms with Gasteiger partial charge in [0.1, 0.15) is 0 Å². The smallest absolute Gasteiger partial charge is 0.00683 e. The van der Waals surface area contributed by atoms with E-state index < -0.39 is 0 Å². The molecule has 0 aromatic rings. The van der Waals surface area contributed by atoms with Crippen LogP contribution in [-0.4, -0.2) is 12.6 Å². The second-order valence-electron chi connectivity index (χ2n) is 6.36. The standard InChI is InChI=1S/C14H25N/c1-10-2-4-11(5-3-10)14-8-12(14)9-15-13-6-7-13/h10-15H,2-9H2,1H3. The maximum Gasteiger partial charge on any atom is 0.00683 e. The third kappa shape index (κ3) is 2.55. The lowest BCUT2D eigenvalue weighted by atomic mass is 9.80. The minimum Gasteiger partial charge on any atom is -0.314 e. The Bertz CT molecular complexity index is 213. The Balaban J connectivity index is 1.37. The molecule has 2 unspecified atom stereocenters. The molecule has 0 heterocycles. The van der Waals surface area contributed by atoms with E-state index in [0.29, 0.717) is 0 Å². The molecule has 0 aromatic carbocycles. The van der Waals surface area contributed by atoms with E-state index in [0.717, 1.165) is 29.7 Å². The van der Waals surface area contributed by atoms with Crippen molar-refractivity contribution in [3.63, 3.8) is 0 Å². The minimum atomic E-state index is 0.914. The van der Waals surface area contributed by atoms with Crippen LogP contribution < -0.4 is 5.32 Å². The molecule has 3 fully saturated rings. The van der Waals surface area contributed by atoms with Crippen LogP contribution in [0.4, 0.5) is 0 Å². The van der Waals surface area contributed by atoms with Gasteiger partial charge in [-0.2, -0.15) is 0 Å². The lowest BCUT2D eigenvalue weighted by Crippen LogP contribution is -2.21. The summed E-state index contributed by atoms with van der Waals surface area (Å²) in [6.07, 6.45) is 10.5. The zero-order valence-electron chi connectivity index (χ0n) is 10.0. The lowest BCUT2D eigenvalue weighted by molar-refractivity contribution is 0.256. The molecule has 1 nitrogen and oxygen atoms in total. The molecule has 2 atom stereocenters. The molecule has 3 saturated carbocycles. The quantitative estimate of drug-likeness (QED) is 0.746. The summed E-state index contributed by atoms with van der Waals surface area (Å²) in [5.41, 5.74) is 0. The second kappa shape index (κ2) is 4.08. The second-order valence-corrected chi connectivity index (χ2v) is 6.36. The average Bonchev–Trinajstić information content (AvgIpc) is 3.12. The van der Waals surface area contributed by atoms with Crippen molar-refractivity contribution < 1.29 is 0 Å². The van der Waals surface area contributed by atoms with Crippen molar-refractivity contribution in [1.29, 1.82) is 0 Å². The van der Waals surface area contributed by atoms with Crippen LogP contribution in [0.2, 0.25) is 0 Å². The highest BCUT2D eigenvalue weighted by molar-refractivity contribution is 4.95. The summed E-state index contributed by atoms with van der Waals surface area (Å²) in [5, 5.41) is 3.70. The summed E-state index contributed by atoms with van der Waals surface area (Å²) in [6, 6.07) is 0.914. The first kappa shape index (κ1) is 10.1. The Labute approximate surface area is 94.0 Å². The van der Waals surface area contributed by atoms with E-state index in [9.17, 15) is 0 Å². The van der Waals surface area contributed by atoms with Crippen LogP contribution in [0.3, 0.4) is 0 Å². The van der Waals surface area contributed by atoms with E-state index in [4.69, 9.17) is 0 Å². The molecule has 0 bridgehead atoms. The Kier molecular flexibility index (Phi) is 2.76. The normalized spacial score (nSPS) is 45.4. The number of hydrogen-bond acceptors (Lipinski definition) is 1. The first-order valence-electron chi connectivity index (χ1n) is 7.06. The maximum atomic E-state index is 3.70. The molecule has 0 aromatic heterocycles. The zero-order valence-corrected chi connectivity index (χ0v) is 10.0. The van der Waals surface area contributed by atoms with E-state index >= 15 is 0 Å². The summed E-state index contributed by atoms with van der Waals surface area (Å²) in [6.45, 7) is 3.76. The van der Waals surface area contributed by atoms with Gasteiger partial charge in [-0.25, -0.2) is 0 Å². The SMILES string of the molecule is CC1CCC(C2CC2CNC2CC2)CC1. The van der Waals surface area contributed by atoms with Crippen molar-refractivity contribution in [1.82, 2.24) is 5.32 Å². The van der Waals surface area contributed by atoms with Gasteiger partial charge in [-0.05, 0) is 62.3 Å². The fourth-order valence-electron chi connectivity index (χ4n) is 3.40. The van der Waals surface area contributed by atoms with Crippen LogP contribution in [0.15, 0.2) is 0 Å². The predicted octanol–water partition coefficient (Wildman–Crippen LogP) is 3.20. The van der Waals surface area contributed by atoms with Gasteiger partial charge in [-0.3, -0.25) is 0 Å². The highest BCUT2D eigenvalue weighted by atomic mass is 15.0. The topological polar surface area (TPSA) is 12.0 Å². The third-order valence-electron chi connectivity index (χ3n) is 4.89. The molecule has 3 aliphatic rings. The Hall–Kier alpha value is -0.0400. The highest BCUT2D eigenvalue weighted by Crippen LogP contribution is 2.49. The predicted molar refractivity (Wildman–Crippen MR) is 63.7 cm³/mol. The highest BCUT2D eigenvalue weighted by Gasteiger charge is 2.43. The summed E-state index contributed by atoms with van der Waals surface area (Å²) in [5.74, 6) is 4.29. The van der Waals surface area contributed by atoms with Gasteiger partial charge >= 0.3 is 0 Å². The molecule has 3 rings (SSSR count). The van der Waals surface area contributed by atoms with Gasteiger partial charge in [-0.1, -0.05) is 19.8 Å². The summed E-state index contributed by atoms with van der Waals surface area (Å²) in [7, 11) is 0. The van der Waals surface area contributed by atoms with Gasteiger partial charge < -0.3 is 5.32 Å². The Morgan fingerprint density at radius 2 is 1.73 bits per heavy atom. The van der Waals surface area contributed by atoms with E-state index in [1.54, 1.807) is 6.42 Å². The van der Waals surface area contributed by atoms with Gasteiger partial charge in [0, 0.05) is 6.04 Å². The molecule has 0 saturated heterocycles. The van der Waals surface area contributed by atoms with Crippen molar-refractivity contribution in [3.05, 3.63) is 0 Å². The van der Waals surface area contributed by atoms with Crippen molar-refractivity contribution in [2.45, 2.75) is 57.9 Å². The molecule has 0 radical (unpaired) electrons. The molecular formula is C14H25N. The molecule has 0 amide bonds. The molecule has 1 heteroatoms. The van der Waals surface area contributed by atoms with Crippen LogP contribution >= 0.6 is 0 Å². The summed E-state index contributed by atoms with van der Waals surface area (Å²) >= 11 is 0. The molecule has 0 aliphatic heterocycles. The molecule has 15 heavy (non-hydrogen) atoms. The van der Waals surface area contributed by atoms with Gasteiger partial charge in [0.2, 0.25) is 0 Å². The van der Waals surface area contributed by atoms with E-state index in [1.165, 1.54) is 45.1 Å². The summed E-state index contributed by atoms with van der Waals surface area (Å²) < 4.78 is 0. The monoisotopic (exact) mass is 207 g/mol. The van der Waals surface area contributed by atoms with Crippen molar-refractivity contribution in [2.75, 3.05) is 6.54 Å². The fraction of sp³-hybridized carbons (Fsp3) is 1.00. The van der Waals surface area contributed by atoms with Crippen LogP contribution in [0, 0.1) is 23.7 Å².